The van der Waals surface area contributed by atoms with Crippen molar-refractivity contribution in [2.75, 3.05) is 0 Å². The van der Waals surface area contributed by atoms with Crippen molar-refractivity contribution in [1.29, 1.82) is 0 Å². The lowest BCUT2D eigenvalue weighted by Crippen LogP contribution is -2.36. The number of hydrogen-bond donors (Lipinski definition) is 0. The molecule has 8 heteroatoms. The molecule has 0 radical (unpaired) electrons. The number of esters is 3. The summed E-state index contributed by atoms with van der Waals surface area (Å²) in [6.07, 6.45) is 9.21. The van der Waals surface area contributed by atoms with Gasteiger partial charge in [0.15, 0.2) is 6.10 Å². The number of carbonyl (C=O) groups excluding carboxylic acids is 3. The van der Waals surface area contributed by atoms with Crippen molar-refractivity contribution in [3.05, 3.63) is 70.8 Å². The normalized spacial score (nSPS) is 20.2. The number of fused-ring (bicyclic) bond motifs is 1. The Morgan fingerprint density at radius 1 is 1.00 bits per heavy atom. The number of rotatable bonds is 5. The zero-order chi connectivity index (χ0) is 25.5. The number of benzene rings is 1. The van der Waals surface area contributed by atoms with Crippen LogP contribution >= 0.6 is 0 Å². The lowest BCUT2D eigenvalue weighted by Gasteiger charge is -2.28. The first-order valence-corrected chi connectivity index (χ1v) is 11.6. The van der Waals surface area contributed by atoms with E-state index < -0.39 is 24.1 Å². The fourth-order valence-electron chi connectivity index (χ4n) is 4.21. The molecule has 0 fully saturated rings. The zero-order valence-electron chi connectivity index (χ0n) is 20.8. The highest BCUT2D eigenvalue weighted by Crippen LogP contribution is 2.27. The smallest absolute Gasteiger partial charge is 0.331 e. The van der Waals surface area contributed by atoms with Crippen molar-refractivity contribution in [2.24, 2.45) is 7.05 Å². The fraction of sp³-hybridized carbons (Fsp3) is 0.407. The molecule has 0 spiro atoms. The van der Waals surface area contributed by atoms with Crippen LogP contribution < -0.4 is 0 Å². The van der Waals surface area contributed by atoms with Gasteiger partial charge in [0.25, 0.3) is 0 Å². The third-order valence-electron chi connectivity index (χ3n) is 5.85. The molecule has 1 aliphatic carbocycles. The monoisotopic (exact) mass is 480 g/mol. The van der Waals surface area contributed by atoms with Crippen LogP contribution in [0.25, 0.3) is 6.08 Å². The van der Waals surface area contributed by atoms with Crippen molar-refractivity contribution >= 4 is 24.0 Å². The minimum absolute atomic E-state index is 0.334. The number of aromatic nitrogens is 2. The summed E-state index contributed by atoms with van der Waals surface area (Å²) in [5.41, 5.74) is 4.72. The van der Waals surface area contributed by atoms with E-state index in [9.17, 15) is 14.4 Å². The number of aryl methyl sites for hydroxylation is 3. The zero-order valence-corrected chi connectivity index (χ0v) is 20.8. The van der Waals surface area contributed by atoms with Crippen LogP contribution in [0.5, 0.6) is 0 Å². The molecule has 3 unspecified atom stereocenters. The van der Waals surface area contributed by atoms with E-state index in [-0.39, 0.29) is 12.1 Å². The second-order valence-electron chi connectivity index (χ2n) is 8.81. The van der Waals surface area contributed by atoms with Crippen molar-refractivity contribution in [3.8, 4) is 0 Å². The Labute approximate surface area is 205 Å². The highest BCUT2D eigenvalue weighted by Gasteiger charge is 2.29. The quantitative estimate of drug-likeness (QED) is 0.279. The summed E-state index contributed by atoms with van der Waals surface area (Å²) in [5.74, 6) is -1.40. The molecule has 8 nitrogen and oxygen atoms in total. The van der Waals surface area contributed by atoms with Gasteiger partial charge in [-0.3, -0.25) is 9.59 Å². The van der Waals surface area contributed by atoms with Crippen LogP contribution in [-0.2, 0) is 48.5 Å². The van der Waals surface area contributed by atoms with E-state index in [2.05, 4.69) is 4.98 Å². The van der Waals surface area contributed by atoms with E-state index >= 15 is 0 Å². The maximum absolute atomic E-state index is 12.7. The van der Waals surface area contributed by atoms with Gasteiger partial charge in [-0.2, -0.15) is 0 Å². The fourth-order valence-corrected chi connectivity index (χ4v) is 4.21. The Morgan fingerprint density at radius 2 is 1.66 bits per heavy atom. The average Bonchev–Trinajstić information content (AvgIpc) is 3.19. The Kier molecular flexibility index (Phi) is 8.63. The van der Waals surface area contributed by atoms with Gasteiger partial charge in [0.2, 0.25) is 0 Å². The van der Waals surface area contributed by atoms with Crippen LogP contribution in [0.15, 0.2) is 42.9 Å². The van der Waals surface area contributed by atoms with Crippen molar-refractivity contribution in [2.45, 2.75) is 65.3 Å². The summed E-state index contributed by atoms with van der Waals surface area (Å²) < 4.78 is 18.7. The number of imidazole rings is 1. The summed E-state index contributed by atoms with van der Waals surface area (Å²) in [7, 11) is 1.84. The van der Waals surface area contributed by atoms with E-state index in [0.717, 1.165) is 22.3 Å². The predicted octanol–water partition coefficient (Wildman–Crippen LogP) is 3.57. The van der Waals surface area contributed by atoms with Crippen LogP contribution in [0.4, 0.5) is 0 Å². The summed E-state index contributed by atoms with van der Waals surface area (Å²) in [6.45, 7) is 6.70. The van der Waals surface area contributed by atoms with Crippen LogP contribution in [0.3, 0.4) is 0 Å². The van der Waals surface area contributed by atoms with Gasteiger partial charge in [0, 0.05) is 52.4 Å². The highest BCUT2D eigenvalue weighted by atomic mass is 16.6. The van der Waals surface area contributed by atoms with Gasteiger partial charge in [-0.15, -0.1) is 0 Å². The largest absolute Gasteiger partial charge is 0.462 e. The Bertz CT molecular complexity index is 1150. The molecule has 1 heterocycles. The highest BCUT2D eigenvalue weighted by molar-refractivity contribution is 5.86. The lowest BCUT2D eigenvalue weighted by atomic mass is 9.87. The molecule has 1 aromatic heterocycles. The van der Waals surface area contributed by atoms with Crippen molar-refractivity contribution < 1.29 is 28.6 Å². The van der Waals surface area contributed by atoms with Crippen molar-refractivity contribution in [1.82, 2.24) is 9.55 Å². The van der Waals surface area contributed by atoms with Gasteiger partial charge in [0.05, 0.1) is 12.0 Å². The van der Waals surface area contributed by atoms with Crippen LogP contribution in [0.1, 0.15) is 48.2 Å². The average molecular weight is 481 g/mol. The van der Waals surface area contributed by atoms with Gasteiger partial charge in [-0.05, 0) is 48.3 Å². The molecule has 186 valence electrons. The molecule has 35 heavy (non-hydrogen) atoms. The van der Waals surface area contributed by atoms with Gasteiger partial charge in [0.1, 0.15) is 12.2 Å². The number of carbonyl (C=O) groups is 3. The first kappa shape index (κ1) is 25.9. The Morgan fingerprint density at radius 3 is 2.26 bits per heavy atom. The molecule has 0 amide bonds. The minimum atomic E-state index is -0.802. The third-order valence-corrected chi connectivity index (χ3v) is 5.85. The number of hydrogen-bond acceptors (Lipinski definition) is 7. The summed E-state index contributed by atoms with van der Waals surface area (Å²) in [4.78, 5) is 40.5. The first-order chi connectivity index (χ1) is 16.6. The molecule has 1 aliphatic rings. The van der Waals surface area contributed by atoms with Gasteiger partial charge in [-0.1, -0.05) is 18.2 Å². The van der Waals surface area contributed by atoms with Crippen molar-refractivity contribution in [3.63, 3.8) is 0 Å². The number of ether oxygens (including phenoxy) is 3. The SMILES string of the molecule is CC(=O)OC1CC=CC(OC(C)=O)C(OC(=O)/C=C/c2cn(C)cn2)Cc2c(C)ccc(C)c2C1. The molecule has 0 N–H and O–H groups in total. The molecular formula is C27H32N2O6. The third kappa shape index (κ3) is 7.40. The maximum atomic E-state index is 12.7. The van der Waals surface area contributed by atoms with Gasteiger partial charge in [-0.25, -0.2) is 9.78 Å². The summed E-state index contributed by atoms with van der Waals surface area (Å²) in [5, 5.41) is 0. The molecule has 1 aromatic carbocycles. The molecule has 2 aromatic rings. The summed E-state index contributed by atoms with van der Waals surface area (Å²) in [6, 6.07) is 4.04. The first-order valence-electron chi connectivity index (χ1n) is 11.6. The molecule has 0 aliphatic heterocycles. The van der Waals surface area contributed by atoms with Gasteiger partial charge >= 0.3 is 17.9 Å². The Balaban J connectivity index is 1.96. The molecule has 0 saturated carbocycles. The molecule has 0 bridgehead atoms. The maximum Gasteiger partial charge on any atom is 0.331 e. The molecule has 3 atom stereocenters. The Hall–Kier alpha value is -3.68. The van der Waals surface area contributed by atoms with Crippen LogP contribution in [-0.4, -0.2) is 45.8 Å². The van der Waals surface area contributed by atoms with E-state index in [1.165, 1.54) is 19.9 Å². The van der Waals surface area contributed by atoms with Crippen LogP contribution in [0, 0.1) is 13.8 Å². The van der Waals surface area contributed by atoms with E-state index in [1.54, 1.807) is 29.2 Å². The second kappa shape index (κ2) is 11.6. The molecule has 0 saturated heterocycles. The second-order valence-corrected chi connectivity index (χ2v) is 8.81. The topological polar surface area (TPSA) is 96.7 Å². The number of nitrogens with zero attached hydrogens (tertiary/aromatic N) is 2. The van der Waals surface area contributed by atoms with Crippen LogP contribution in [0.2, 0.25) is 0 Å². The van der Waals surface area contributed by atoms with E-state index in [4.69, 9.17) is 14.2 Å². The van der Waals surface area contributed by atoms with E-state index in [0.29, 0.717) is 25.0 Å². The minimum Gasteiger partial charge on any atom is -0.462 e. The van der Waals surface area contributed by atoms with Gasteiger partial charge < -0.3 is 18.8 Å². The lowest BCUT2D eigenvalue weighted by molar-refractivity contribution is -0.159. The predicted molar refractivity (Wildman–Crippen MR) is 130 cm³/mol. The molecule has 3 rings (SSSR count). The van der Waals surface area contributed by atoms with E-state index in [1.807, 2.05) is 39.1 Å². The summed E-state index contributed by atoms with van der Waals surface area (Å²) >= 11 is 0. The standard InChI is InChI=1S/C27H32N2O6/c1-17-9-10-18(2)24-14-26(35-27(32)12-11-21-15-29(5)16-28-21)25(34-20(4)31)8-6-7-22(13-23(17)24)33-19(3)30/h6,8-12,15-16,22,25-26H,7,13-14H2,1-5H3/b8-6?,12-11+. The molecular weight excluding hydrogens is 448 g/mol.